The lowest BCUT2D eigenvalue weighted by atomic mass is 10.1. The largest absolute Gasteiger partial charge is 0.495 e. The van der Waals surface area contributed by atoms with E-state index >= 15 is 0 Å². The van der Waals surface area contributed by atoms with Crippen molar-refractivity contribution in [3.63, 3.8) is 0 Å². The Morgan fingerprint density at radius 1 is 1.08 bits per heavy atom. The lowest BCUT2D eigenvalue weighted by molar-refractivity contribution is -0.118. The fourth-order valence-electron chi connectivity index (χ4n) is 3.57. The number of amides is 1. The summed E-state index contributed by atoms with van der Waals surface area (Å²) < 4.78 is 18.1. The molecule has 0 aliphatic heterocycles. The first-order valence-electron chi connectivity index (χ1n) is 10.7. The summed E-state index contributed by atoms with van der Waals surface area (Å²) in [4.78, 5) is 26.1. The topological polar surface area (TPSA) is 121 Å². The van der Waals surface area contributed by atoms with Crippen LogP contribution in [0.15, 0.2) is 77.5 Å². The minimum atomic E-state index is -0.465. The molecule has 11 heteroatoms. The fourth-order valence-corrected chi connectivity index (χ4v) is 3.82. The average Bonchev–Trinajstić information content (AvgIpc) is 3.56. The molecule has 180 valence electrons. The number of fused-ring (bicyclic) bond motifs is 1. The van der Waals surface area contributed by atoms with E-state index in [1.54, 1.807) is 60.7 Å². The van der Waals surface area contributed by atoms with Gasteiger partial charge < -0.3 is 19.2 Å². The Morgan fingerprint density at radius 3 is 2.61 bits per heavy atom. The van der Waals surface area contributed by atoms with Crippen molar-refractivity contribution in [3.8, 4) is 17.2 Å². The fraction of sp³-hybridized carbons (Fsp3) is 0.0800. The number of nitrogens with zero attached hydrogens (tertiary/aromatic N) is 4. The molecule has 10 nitrogen and oxygen atoms in total. The van der Waals surface area contributed by atoms with E-state index in [2.05, 4.69) is 20.8 Å². The Balaban J connectivity index is 1.35. The first-order chi connectivity index (χ1) is 17.5. The highest BCUT2D eigenvalue weighted by Crippen LogP contribution is 2.34. The molecule has 3 aromatic carbocycles. The van der Waals surface area contributed by atoms with Gasteiger partial charge in [-0.2, -0.15) is 0 Å². The van der Waals surface area contributed by atoms with E-state index < -0.39 is 11.7 Å². The van der Waals surface area contributed by atoms with Gasteiger partial charge in [-0.1, -0.05) is 23.7 Å². The van der Waals surface area contributed by atoms with Crippen molar-refractivity contribution in [2.75, 3.05) is 19.0 Å². The number of benzene rings is 3. The molecule has 1 N–H and O–H groups in total. The summed E-state index contributed by atoms with van der Waals surface area (Å²) >= 11 is 6.20. The Morgan fingerprint density at radius 2 is 1.89 bits per heavy atom. The highest BCUT2D eigenvalue weighted by atomic mass is 35.5. The van der Waals surface area contributed by atoms with Crippen LogP contribution in [0, 0.1) is 0 Å². The van der Waals surface area contributed by atoms with Gasteiger partial charge in [-0.3, -0.25) is 9.59 Å². The van der Waals surface area contributed by atoms with Crippen LogP contribution in [0.1, 0.15) is 16.1 Å². The molecule has 0 saturated heterocycles. The number of halogens is 1. The van der Waals surface area contributed by atoms with Crippen LogP contribution in [-0.2, 0) is 4.79 Å². The monoisotopic (exact) mass is 503 g/mol. The van der Waals surface area contributed by atoms with Crippen LogP contribution >= 0.6 is 11.6 Å². The van der Waals surface area contributed by atoms with Crippen LogP contribution in [0.2, 0.25) is 5.02 Å². The smallest absolute Gasteiger partial charge is 0.262 e. The molecule has 5 aromatic rings. The number of aromatic nitrogens is 4. The van der Waals surface area contributed by atoms with Gasteiger partial charge in [0.25, 0.3) is 5.91 Å². The van der Waals surface area contributed by atoms with Crippen molar-refractivity contribution in [1.29, 1.82) is 0 Å². The van der Waals surface area contributed by atoms with Crippen LogP contribution in [0.4, 0.5) is 5.69 Å². The molecule has 0 bridgehead atoms. The van der Waals surface area contributed by atoms with Crippen molar-refractivity contribution in [2.45, 2.75) is 0 Å². The van der Waals surface area contributed by atoms with Gasteiger partial charge in [0, 0.05) is 10.9 Å². The third-order valence-corrected chi connectivity index (χ3v) is 5.60. The SMILES string of the molecule is COc1ccc(C(=O)c2oc3ccccc3c2NC(=O)COc2ccc(-n3cnnn3)cc2)cc1Cl. The standard InChI is InChI=1S/C25H18ClN5O5/c1-34-21-11-6-15(12-19(21)26)24(33)25-23(18-4-2-3-5-20(18)36-25)28-22(32)13-35-17-9-7-16(8-10-17)31-14-27-29-30-31/h2-12,14H,13H2,1H3,(H,28,32). The van der Waals surface area contributed by atoms with Gasteiger partial charge >= 0.3 is 0 Å². The molecular formula is C25H18ClN5O5. The minimum Gasteiger partial charge on any atom is -0.495 e. The number of furan rings is 1. The van der Waals surface area contributed by atoms with E-state index in [9.17, 15) is 9.59 Å². The molecule has 0 spiro atoms. The van der Waals surface area contributed by atoms with Crippen molar-refractivity contribution >= 4 is 39.9 Å². The lowest BCUT2D eigenvalue weighted by Gasteiger charge is -2.09. The normalized spacial score (nSPS) is 10.8. The zero-order chi connectivity index (χ0) is 25.1. The van der Waals surface area contributed by atoms with E-state index in [0.29, 0.717) is 22.5 Å². The third kappa shape index (κ3) is 4.62. The number of ether oxygens (including phenoxy) is 2. The molecular weight excluding hydrogens is 486 g/mol. The lowest BCUT2D eigenvalue weighted by Crippen LogP contribution is -2.21. The summed E-state index contributed by atoms with van der Waals surface area (Å²) in [6, 6.07) is 18.6. The summed E-state index contributed by atoms with van der Waals surface area (Å²) in [5.74, 6) is -0.00709. The van der Waals surface area contributed by atoms with Crippen LogP contribution in [-0.4, -0.2) is 45.6 Å². The third-order valence-electron chi connectivity index (χ3n) is 5.30. The number of methoxy groups -OCH3 is 1. The van der Waals surface area contributed by atoms with E-state index in [1.165, 1.54) is 24.2 Å². The van der Waals surface area contributed by atoms with Gasteiger partial charge in [0.2, 0.25) is 5.78 Å². The molecule has 5 rings (SSSR count). The first-order valence-corrected chi connectivity index (χ1v) is 11.1. The maximum Gasteiger partial charge on any atom is 0.262 e. The molecule has 0 radical (unpaired) electrons. The van der Waals surface area contributed by atoms with Crippen LogP contribution in [0.25, 0.3) is 16.7 Å². The summed E-state index contributed by atoms with van der Waals surface area (Å²) in [5, 5.41) is 14.6. The molecule has 0 fully saturated rings. The molecule has 0 aliphatic carbocycles. The number of para-hydroxylation sites is 1. The zero-order valence-corrected chi connectivity index (χ0v) is 19.6. The van der Waals surface area contributed by atoms with Crippen molar-refractivity contribution in [1.82, 2.24) is 20.2 Å². The molecule has 0 atom stereocenters. The highest BCUT2D eigenvalue weighted by Gasteiger charge is 2.24. The zero-order valence-electron chi connectivity index (χ0n) is 18.8. The van der Waals surface area contributed by atoms with Gasteiger partial charge in [0.05, 0.1) is 23.5 Å². The predicted octanol–water partition coefficient (Wildman–Crippen LogP) is 4.32. The molecule has 2 aromatic heterocycles. The first kappa shape index (κ1) is 23.1. The molecule has 0 saturated carbocycles. The Hall–Kier alpha value is -4.70. The number of anilines is 1. The Bertz CT molecular complexity index is 1550. The van der Waals surface area contributed by atoms with Gasteiger partial charge in [-0.25, -0.2) is 4.68 Å². The molecule has 0 aliphatic rings. The average molecular weight is 504 g/mol. The minimum absolute atomic E-state index is 0.0171. The van der Waals surface area contributed by atoms with Crippen molar-refractivity contribution in [3.05, 3.63) is 89.4 Å². The van der Waals surface area contributed by atoms with Crippen molar-refractivity contribution < 1.29 is 23.5 Å². The van der Waals surface area contributed by atoms with E-state index in [4.69, 9.17) is 25.5 Å². The van der Waals surface area contributed by atoms with E-state index in [0.717, 1.165) is 5.69 Å². The number of carbonyl (C=O) groups excluding carboxylic acids is 2. The maximum atomic E-state index is 13.3. The molecule has 2 heterocycles. The number of carbonyl (C=O) groups is 2. The summed E-state index contributed by atoms with van der Waals surface area (Å²) in [6.45, 7) is -0.286. The van der Waals surface area contributed by atoms with E-state index in [-0.39, 0.29) is 28.6 Å². The predicted molar refractivity (Wildman–Crippen MR) is 131 cm³/mol. The van der Waals surface area contributed by atoms with Crippen LogP contribution in [0.5, 0.6) is 11.5 Å². The second-order valence-electron chi connectivity index (χ2n) is 7.57. The quantitative estimate of drug-likeness (QED) is 0.311. The second kappa shape index (κ2) is 9.88. The number of hydrogen-bond acceptors (Lipinski definition) is 8. The number of nitrogens with one attached hydrogen (secondary N) is 1. The van der Waals surface area contributed by atoms with Crippen LogP contribution < -0.4 is 14.8 Å². The number of rotatable bonds is 8. The number of tetrazole rings is 1. The van der Waals surface area contributed by atoms with Gasteiger partial charge in [0.15, 0.2) is 12.4 Å². The molecule has 0 unspecified atom stereocenters. The summed E-state index contributed by atoms with van der Waals surface area (Å²) in [7, 11) is 1.49. The number of ketones is 1. The van der Waals surface area contributed by atoms with Crippen LogP contribution in [0.3, 0.4) is 0 Å². The Labute approximate surface area is 209 Å². The number of hydrogen-bond donors (Lipinski definition) is 1. The molecule has 36 heavy (non-hydrogen) atoms. The second-order valence-corrected chi connectivity index (χ2v) is 7.97. The van der Waals surface area contributed by atoms with Gasteiger partial charge in [-0.05, 0) is 65.0 Å². The Kier molecular flexibility index (Phi) is 6.33. The van der Waals surface area contributed by atoms with Gasteiger partial charge in [-0.15, -0.1) is 5.10 Å². The van der Waals surface area contributed by atoms with Gasteiger partial charge in [0.1, 0.15) is 23.4 Å². The van der Waals surface area contributed by atoms with Crippen molar-refractivity contribution in [2.24, 2.45) is 0 Å². The highest BCUT2D eigenvalue weighted by molar-refractivity contribution is 6.32. The summed E-state index contributed by atoms with van der Waals surface area (Å²) in [6.07, 6.45) is 1.47. The maximum absolute atomic E-state index is 13.3. The summed E-state index contributed by atoms with van der Waals surface area (Å²) in [5.41, 5.74) is 1.73. The molecule has 1 amide bonds. The van der Waals surface area contributed by atoms with E-state index in [1.807, 2.05) is 0 Å².